The molecule has 0 aliphatic heterocycles. The molecule has 1 N–H and O–H groups in total. The summed E-state index contributed by atoms with van der Waals surface area (Å²) in [5.74, 6) is 0.596. The third-order valence-electron chi connectivity index (χ3n) is 3.95. The van der Waals surface area contributed by atoms with Crippen LogP contribution in [-0.2, 0) is 0 Å². The highest BCUT2D eigenvalue weighted by atomic mass is 35.5. The molecule has 1 fully saturated rings. The molecule has 0 unspecified atom stereocenters. The van der Waals surface area contributed by atoms with Gasteiger partial charge in [0.25, 0.3) is 5.56 Å². The van der Waals surface area contributed by atoms with Crippen LogP contribution in [0.1, 0.15) is 37.4 Å². The van der Waals surface area contributed by atoms with Crippen LogP contribution in [0.4, 0.5) is 5.95 Å². The molecule has 0 atom stereocenters. The van der Waals surface area contributed by atoms with Crippen LogP contribution in [0.15, 0.2) is 29.3 Å². The number of aryl methyl sites for hydroxylation is 1. The Labute approximate surface area is 133 Å². The minimum Gasteiger partial charge on any atom is -0.351 e. The van der Waals surface area contributed by atoms with Gasteiger partial charge < -0.3 is 5.32 Å². The molecule has 1 saturated carbocycles. The Hall–Kier alpha value is -1.95. The standard InChI is InChI=1S/C15H18ClN5O/c1-10-2-7-14(22)21(20-10)13-5-3-12(4-6-13)19-15-17-8-11(16)9-18-15/h2,7-9,12-13H,3-6H2,1H3,(H,17,18,19). The van der Waals surface area contributed by atoms with Crippen molar-refractivity contribution in [3.8, 4) is 0 Å². The zero-order valence-corrected chi connectivity index (χ0v) is 13.1. The first kappa shape index (κ1) is 15.0. The summed E-state index contributed by atoms with van der Waals surface area (Å²) in [5.41, 5.74) is 0.845. The third kappa shape index (κ3) is 3.44. The molecular formula is C15H18ClN5O. The average molecular weight is 320 g/mol. The summed E-state index contributed by atoms with van der Waals surface area (Å²) in [6.45, 7) is 1.90. The minimum absolute atomic E-state index is 0.0250. The zero-order valence-electron chi connectivity index (χ0n) is 12.4. The van der Waals surface area contributed by atoms with Gasteiger partial charge in [-0.1, -0.05) is 11.6 Å². The summed E-state index contributed by atoms with van der Waals surface area (Å²) in [7, 11) is 0. The summed E-state index contributed by atoms with van der Waals surface area (Å²) in [4.78, 5) is 20.2. The van der Waals surface area contributed by atoms with E-state index in [1.807, 2.05) is 6.92 Å². The van der Waals surface area contributed by atoms with Crippen LogP contribution in [0, 0.1) is 6.92 Å². The highest BCUT2D eigenvalue weighted by Gasteiger charge is 2.24. The van der Waals surface area contributed by atoms with Crippen molar-refractivity contribution in [2.24, 2.45) is 0 Å². The second-order valence-electron chi connectivity index (χ2n) is 5.63. The molecule has 22 heavy (non-hydrogen) atoms. The van der Waals surface area contributed by atoms with E-state index in [-0.39, 0.29) is 11.6 Å². The van der Waals surface area contributed by atoms with Crippen LogP contribution in [0.5, 0.6) is 0 Å². The molecule has 0 spiro atoms. The van der Waals surface area contributed by atoms with E-state index in [4.69, 9.17) is 11.6 Å². The second-order valence-corrected chi connectivity index (χ2v) is 6.07. The number of rotatable bonds is 3. The lowest BCUT2D eigenvalue weighted by Gasteiger charge is -2.29. The molecule has 2 heterocycles. The molecule has 2 aromatic rings. The molecule has 6 nitrogen and oxygen atoms in total. The second kappa shape index (κ2) is 6.44. The van der Waals surface area contributed by atoms with Gasteiger partial charge >= 0.3 is 0 Å². The quantitative estimate of drug-likeness (QED) is 0.941. The van der Waals surface area contributed by atoms with Gasteiger partial charge in [0.05, 0.1) is 29.2 Å². The number of hydrogen-bond acceptors (Lipinski definition) is 5. The van der Waals surface area contributed by atoms with Crippen LogP contribution >= 0.6 is 11.6 Å². The molecular weight excluding hydrogens is 302 g/mol. The summed E-state index contributed by atoms with van der Waals surface area (Å²) >= 11 is 5.78. The van der Waals surface area contributed by atoms with Crippen molar-refractivity contribution in [1.82, 2.24) is 19.7 Å². The maximum atomic E-state index is 11.9. The fourth-order valence-corrected chi connectivity index (χ4v) is 2.91. The number of aromatic nitrogens is 4. The first-order valence-corrected chi connectivity index (χ1v) is 7.80. The van der Waals surface area contributed by atoms with Gasteiger partial charge in [-0.2, -0.15) is 5.10 Å². The van der Waals surface area contributed by atoms with Gasteiger partial charge in [-0.05, 0) is 38.7 Å². The predicted octanol–water partition coefficient (Wildman–Crippen LogP) is 2.59. The molecule has 1 aliphatic carbocycles. The van der Waals surface area contributed by atoms with E-state index in [0.29, 0.717) is 17.0 Å². The van der Waals surface area contributed by atoms with Crippen LogP contribution in [0.3, 0.4) is 0 Å². The lowest BCUT2D eigenvalue weighted by atomic mass is 9.91. The van der Waals surface area contributed by atoms with Gasteiger partial charge in [-0.25, -0.2) is 14.6 Å². The Morgan fingerprint density at radius 2 is 1.86 bits per heavy atom. The Morgan fingerprint density at radius 3 is 2.55 bits per heavy atom. The summed E-state index contributed by atoms with van der Waals surface area (Å²) < 4.78 is 1.63. The highest BCUT2D eigenvalue weighted by molar-refractivity contribution is 6.30. The van der Waals surface area contributed by atoms with Gasteiger partial charge in [0, 0.05) is 12.1 Å². The predicted molar refractivity (Wildman–Crippen MR) is 85.2 cm³/mol. The fourth-order valence-electron chi connectivity index (χ4n) is 2.82. The van der Waals surface area contributed by atoms with Crippen LogP contribution in [-0.4, -0.2) is 25.8 Å². The van der Waals surface area contributed by atoms with E-state index in [9.17, 15) is 4.79 Å². The Balaban J connectivity index is 1.61. The fraction of sp³-hybridized carbons (Fsp3) is 0.467. The molecule has 2 aromatic heterocycles. The molecule has 0 radical (unpaired) electrons. The Bertz CT molecular complexity index is 692. The van der Waals surface area contributed by atoms with Crippen molar-refractivity contribution in [2.45, 2.75) is 44.7 Å². The number of nitrogens with zero attached hydrogens (tertiary/aromatic N) is 4. The molecule has 0 amide bonds. The molecule has 7 heteroatoms. The summed E-state index contributed by atoms with van der Waals surface area (Å²) in [6, 6.07) is 3.84. The van der Waals surface area contributed by atoms with Gasteiger partial charge in [0.1, 0.15) is 0 Å². The maximum absolute atomic E-state index is 11.9. The van der Waals surface area contributed by atoms with Crippen molar-refractivity contribution in [2.75, 3.05) is 5.32 Å². The largest absolute Gasteiger partial charge is 0.351 e. The molecule has 0 aromatic carbocycles. The van der Waals surface area contributed by atoms with E-state index < -0.39 is 0 Å². The van der Waals surface area contributed by atoms with Crippen molar-refractivity contribution < 1.29 is 0 Å². The molecule has 3 rings (SSSR count). The lowest BCUT2D eigenvalue weighted by Crippen LogP contribution is -2.33. The number of nitrogens with one attached hydrogen (secondary N) is 1. The van der Waals surface area contributed by atoms with Gasteiger partial charge in [0.15, 0.2) is 0 Å². The lowest BCUT2D eigenvalue weighted by molar-refractivity contribution is 0.302. The monoisotopic (exact) mass is 319 g/mol. The normalized spacial score (nSPS) is 21.5. The van der Waals surface area contributed by atoms with Gasteiger partial charge in [-0.3, -0.25) is 4.79 Å². The Kier molecular flexibility index (Phi) is 4.38. The van der Waals surface area contributed by atoms with Crippen LogP contribution in [0.2, 0.25) is 5.02 Å². The minimum atomic E-state index is -0.0250. The highest BCUT2D eigenvalue weighted by Crippen LogP contribution is 2.28. The third-order valence-corrected chi connectivity index (χ3v) is 4.15. The van der Waals surface area contributed by atoms with E-state index >= 15 is 0 Å². The van der Waals surface area contributed by atoms with Gasteiger partial charge in [-0.15, -0.1) is 0 Å². The van der Waals surface area contributed by atoms with Crippen molar-refractivity contribution in [3.05, 3.63) is 45.6 Å². The summed E-state index contributed by atoms with van der Waals surface area (Å²) in [6.07, 6.45) is 6.91. The van der Waals surface area contributed by atoms with Crippen molar-refractivity contribution in [3.63, 3.8) is 0 Å². The molecule has 1 aliphatic rings. The van der Waals surface area contributed by atoms with E-state index in [1.165, 1.54) is 0 Å². The first-order valence-electron chi connectivity index (χ1n) is 7.42. The average Bonchev–Trinajstić information content (AvgIpc) is 2.53. The van der Waals surface area contributed by atoms with Crippen LogP contribution < -0.4 is 10.9 Å². The van der Waals surface area contributed by atoms with Gasteiger partial charge in [0.2, 0.25) is 5.95 Å². The van der Waals surface area contributed by atoms with Crippen LogP contribution in [0.25, 0.3) is 0 Å². The molecule has 0 saturated heterocycles. The van der Waals surface area contributed by atoms with E-state index in [2.05, 4.69) is 20.4 Å². The first-order chi connectivity index (χ1) is 10.6. The van der Waals surface area contributed by atoms with E-state index in [0.717, 1.165) is 31.4 Å². The number of anilines is 1. The van der Waals surface area contributed by atoms with Crippen molar-refractivity contribution in [1.29, 1.82) is 0 Å². The number of hydrogen-bond donors (Lipinski definition) is 1. The zero-order chi connectivity index (χ0) is 15.5. The molecule has 0 bridgehead atoms. The smallest absolute Gasteiger partial charge is 0.267 e. The van der Waals surface area contributed by atoms with Crippen molar-refractivity contribution >= 4 is 17.5 Å². The topological polar surface area (TPSA) is 72.7 Å². The maximum Gasteiger partial charge on any atom is 0.267 e. The summed E-state index contributed by atoms with van der Waals surface area (Å²) in [5, 5.41) is 8.20. The Morgan fingerprint density at radius 1 is 1.18 bits per heavy atom. The number of halogens is 1. The molecule has 116 valence electrons. The van der Waals surface area contributed by atoms with E-state index in [1.54, 1.807) is 29.2 Å². The SMILES string of the molecule is Cc1ccc(=O)n(C2CCC(Nc3ncc(Cl)cn3)CC2)n1.